The number of carboxylic acids is 1. The fourth-order valence-electron chi connectivity index (χ4n) is 1.83. The van der Waals surface area contributed by atoms with E-state index in [1.165, 1.54) is 4.31 Å². The number of sulfonamides is 1. The first kappa shape index (κ1) is 16.6. The number of hydrogen-bond donors (Lipinski definition) is 1. The SMILES string of the molecule is CCCN(CCC)S(=O)(=O)c1ccc(C(=O)O)cc1F. The van der Waals surface area contributed by atoms with E-state index < -0.39 is 26.7 Å². The van der Waals surface area contributed by atoms with Gasteiger partial charge in [-0.15, -0.1) is 0 Å². The van der Waals surface area contributed by atoms with Gasteiger partial charge in [-0.25, -0.2) is 17.6 Å². The van der Waals surface area contributed by atoms with Crippen LogP contribution in [0, 0.1) is 5.82 Å². The van der Waals surface area contributed by atoms with Crippen molar-refractivity contribution >= 4 is 16.0 Å². The minimum absolute atomic E-state index is 0.279. The minimum Gasteiger partial charge on any atom is -0.478 e. The average Bonchev–Trinajstić information content (AvgIpc) is 2.37. The first-order valence-electron chi connectivity index (χ1n) is 6.37. The van der Waals surface area contributed by atoms with Gasteiger partial charge in [-0.2, -0.15) is 4.31 Å². The summed E-state index contributed by atoms with van der Waals surface area (Å²) in [6.07, 6.45) is 1.24. The fourth-order valence-corrected chi connectivity index (χ4v) is 3.50. The molecule has 7 heteroatoms. The zero-order valence-electron chi connectivity index (χ0n) is 11.5. The van der Waals surface area contributed by atoms with Crippen molar-refractivity contribution in [1.29, 1.82) is 0 Å². The molecule has 0 radical (unpaired) electrons. The summed E-state index contributed by atoms with van der Waals surface area (Å²) in [5.74, 6) is -2.34. The number of benzene rings is 1. The van der Waals surface area contributed by atoms with Crippen molar-refractivity contribution in [2.75, 3.05) is 13.1 Å². The van der Waals surface area contributed by atoms with E-state index in [4.69, 9.17) is 5.11 Å². The zero-order chi connectivity index (χ0) is 15.3. The molecule has 0 aliphatic heterocycles. The van der Waals surface area contributed by atoms with Gasteiger partial charge in [0.15, 0.2) is 0 Å². The summed E-state index contributed by atoms with van der Waals surface area (Å²) in [7, 11) is -3.93. The monoisotopic (exact) mass is 303 g/mol. The lowest BCUT2D eigenvalue weighted by atomic mass is 10.2. The van der Waals surface area contributed by atoms with Crippen molar-refractivity contribution < 1.29 is 22.7 Å². The van der Waals surface area contributed by atoms with E-state index in [0.717, 1.165) is 18.2 Å². The molecular weight excluding hydrogens is 285 g/mol. The van der Waals surface area contributed by atoms with E-state index in [0.29, 0.717) is 25.9 Å². The zero-order valence-corrected chi connectivity index (χ0v) is 12.3. The largest absolute Gasteiger partial charge is 0.478 e. The van der Waals surface area contributed by atoms with Crippen LogP contribution in [-0.2, 0) is 10.0 Å². The summed E-state index contributed by atoms with van der Waals surface area (Å²) < 4.78 is 39.8. The molecule has 0 unspecified atom stereocenters. The van der Waals surface area contributed by atoms with Crippen LogP contribution in [0.1, 0.15) is 37.0 Å². The van der Waals surface area contributed by atoms with E-state index in [1.807, 2.05) is 13.8 Å². The Hall–Kier alpha value is -1.47. The second kappa shape index (κ2) is 6.81. The molecule has 0 aliphatic carbocycles. The molecule has 1 aromatic carbocycles. The Bertz CT molecular complexity index is 580. The van der Waals surface area contributed by atoms with Gasteiger partial charge in [0.1, 0.15) is 10.7 Å². The molecule has 0 spiro atoms. The Morgan fingerprint density at radius 3 is 2.20 bits per heavy atom. The van der Waals surface area contributed by atoms with E-state index in [1.54, 1.807) is 0 Å². The van der Waals surface area contributed by atoms with Crippen LogP contribution in [0.4, 0.5) is 4.39 Å². The summed E-state index contributed by atoms with van der Waals surface area (Å²) in [4.78, 5) is 10.2. The summed E-state index contributed by atoms with van der Waals surface area (Å²) in [6.45, 7) is 4.27. The molecule has 20 heavy (non-hydrogen) atoms. The van der Waals surface area contributed by atoms with Crippen LogP contribution < -0.4 is 0 Å². The van der Waals surface area contributed by atoms with Crippen molar-refractivity contribution in [2.45, 2.75) is 31.6 Å². The van der Waals surface area contributed by atoms with Crippen molar-refractivity contribution in [3.05, 3.63) is 29.6 Å². The van der Waals surface area contributed by atoms with E-state index in [9.17, 15) is 17.6 Å². The molecule has 0 heterocycles. The number of rotatable bonds is 7. The molecule has 0 fully saturated rings. The highest BCUT2D eigenvalue weighted by Crippen LogP contribution is 2.21. The van der Waals surface area contributed by atoms with Gasteiger partial charge in [0.25, 0.3) is 0 Å². The molecule has 1 aromatic rings. The van der Waals surface area contributed by atoms with Gasteiger partial charge in [0.05, 0.1) is 5.56 Å². The van der Waals surface area contributed by atoms with Gasteiger partial charge in [0, 0.05) is 13.1 Å². The first-order valence-corrected chi connectivity index (χ1v) is 7.81. The standard InChI is InChI=1S/C13H18FNO4S/c1-3-7-15(8-4-2)20(18,19)12-6-5-10(13(16)17)9-11(12)14/h5-6,9H,3-4,7-8H2,1-2H3,(H,16,17). The van der Waals surface area contributed by atoms with E-state index in [2.05, 4.69) is 0 Å². The molecule has 5 nitrogen and oxygen atoms in total. The lowest BCUT2D eigenvalue weighted by Gasteiger charge is -2.21. The maximum atomic E-state index is 13.9. The van der Waals surface area contributed by atoms with Crippen molar-refractivity contribution in [1.82, 2.24) is 4.31 Å². The molecule has 0 aromatic heterocycles. The fraction of sp³-hybridized carbons (Fsp3) is 0.462. The van der Waals surface area contributed by atoms with Crippen LogP contribution in [0.25, 0.3) is 0 Å². The normalized spacial score (nSPS) is 11.8. The molecule has 0 amide bonds. The Balaban J connectivity index is 3.23. The third-order valence-corrected chi connectivity index (χ3v) is 4.67. The van der Waals surface area contributed by atoms with E-state index in [-0.39, 0.29) is 5.56 Å². The highest BCUT2D eigenvalue weighted by atomic mass is 32.2. The van der Waals surface area contributed by atoms with Crippen LogP contribution in [-0.4, -0.2) is 36.9 Å². The molecule has 0 aliphatic rings. The average molecular weight is 303 g/mol. The van der Waals surface area contributed by atoms with Crippen LogP contribution in [0.2, 0.25) is 0 Å². The second-order valence-corrected chi connectivity index (χ2v) is 6.26. The lowest BCUT2D eigenvalue weighted by Crippen LogP contribution is -2.33. The Kier molecular flexibility index (Phi) is 5.64. The number of halogens is 1. The summed E-state index contributed by atoms with van der Waals surface area (Å²) in [5, 5.41) is 8.75. The topological polar surface area (TPSA) is 74.7 Å². The van der Waals surface area contributed by atoms with Gasteiger partial charge in [-0.05, 0) is 31.0 Å². The second-order valence-electron chi connectivity index (χ2n) is 4.35. The molecule has 0 saturated carbocycles. The molecule has 0 atom stereocenters. The number of aromatic carboxylic acids is 1. The van der Waals surface area contributed by atoms with Crippen molar-refractivity contribution in [2.24, 2.45) is 0 Å². The third-order valence-electron chi connectivity index (χ3n) is 2.74. The van der Waals surface area contributed by atoms with Gasteiger partial charge >= 0.3 is 5.97 Å². The molecular formula is C13H18FNO4S. The van der Waals surface area contributed by atoms with Gasteiger partial charge < -0.3 is 5.11 Å². The van der Waals surface area contributed by atoms with Crippen molar-refractivity contribution in [3.63, 3.8) is 0 Å². The number of carboxylic acid groups (broad SMARTS) is 1. The van der Waals surface area contributed by atoms with Crippen LogP contribution in [0.3, 0.4) is 0 Å². The Morgan fingerprint density at radius 1 is 1.25 bits per heavy atom. The molecule has 112 valence electrons. The number of nitrogens with zero attached hydrogens (tertiary/aromatic N) is 1. The Morgan fingerprint density at radius 2 is 1.80 bits per heavy atom. The van der Waals surface area contributed by atoms with Crippen molar-refractivity contribution in [3.8, 4) is 0 Å². The highest BCUT2D eigenvalue weighted by molar-refractivity contribution is 7.89. The predicted molar refractivity (Wildman–Crippen MR) is 72.7 cm³/mol. The number of hydrogen-bond acceptors (Lipinski definition) is 3. The molecule has 1 N–H and O–H groups in total. The summed E-state index contributed by atoms with van der Waals surface area (Å²) >= 11 is 0. The molecule has 0 saturated heterocycles. The lowest BCUT2D eigenvalue weighted by molar-refractivity contribution is 0.0696. The molecule has 1 rings (SSSR count). The van der Waals surface area contributed by atoms with Gasteiger partial charge in [-0.1, -0.05) is 13.8 Å². The molecule has 0 bridgehead atoms. The minimum atomic E-state index is -3.93. The van der Waals surface area contributed by atoms with Gasteiger partial charge in [-0.3, -0.25) is 0 Å². The van der Waals surface area contributed by atoms with Crippen LogP contribution in [0.15, 0.2) is 23.1 Å². The number of carbonyl (C=O) groups is 1. The predicted octanol–water partition coefficient (Wildman–Crippen LogP) is 2.33. The Labute approximate surface area is 118 Å². The van der Waals surface area contributed by atoms with Gasteiger partial charge in [0.2, 0.25) is 10.0 Å². The van der Waals surface area contributed by atoms with E-state index >= 15 is 0 Å². The third kappa shape index (κ3) is 3.55. The summed E-state index contributed by atoms with van der Waals surface area (Å²) in [5.41, 5.74) is -0.279. The maximum Gasteiger partial charge on any atom is 0.335 e. The maximum absolute atomic E-state index is 13.9. The smallest absolute Gasteiger partial charge is 0.335 e. The summed E-state index contributed by atoms with van der Waals surface area (Å²) in [6, 6.07) is 2.83. The highest BCUT2D eigenvalue weighted by Gasteiger charge is 2.26. The van der Waals surface area contributed by atoms with Crippen LogP contribution >= 0.6 is 0 Å². The first-order chi connectivity index (χ1) is 9.34. The van der Waals surface area contributed by atoms with Crippen LogP contribution in [0.5, 0.6) is 0 Å². The quantitative estimate of drug-likeness (QED) is 0.839.